The third-order valence-corrected chi connectivity index (χ3v) is 4.49. The Balaban J connectivity index is 2.09. The van der Waals surface area contributed by atoms with Gasteiger partial charge >= 0.3 is 16.2 Å². The van der Waals surface area contributed by atoms with E-state index >= 15 is 0 Å². The Bertz CT molecular complexity index is 546. The molecule has 0 radical (unpaired) electrons. The van der Waals surface area contributed by atoms with E-state index in [1.165, 1.54) is 10.5 Å². The summed E-state index contributed by atoms with van der Waals surface area (Å²) in [6.07, 6.45) is 3.99. The average Bonchev–Trinajstić information content (AvgIpc) is 2.39. The maximum atomic E-state index is 12.1. The topological polar surface area (TPSA) is 99.6 Å². The van der Waals surface area contributed by atoms with E-state index in [2.05, 4.69) is 9.71 Å². The van der Waals surface area contributed by atoms with E-state index in [1.807, 2.05) is 0 Å². The molecule has 2 heterocycles. The lowest BCUT2D eigenvalue weighted by molar-refractivity contribution is -0.142. The van der Waals surface area contributed by atoms with Crippen LogP contribution in [0.25, 0.3) is 0 Å². The van der Waals surface area contributed by atoms with E-state index in [0.717, 1.165) is 0 Å². The number of nitrogens with one attached hydrogen (secondary N) is 1. The van der Waals surface area contributed by atoms with Crippen LogP contribution in [0.15, 0.2) is 24.5 Å². The number of carbonyl (C=O) groups is 1. The summed E-state index contributed by atoms with van der Waals surface area (Å²) in [5.74, 6) is -1.60. The largest absolute Gasteiger partial charge is 0.481 e. The highest BCUT2D eigenvalue weighted by Crippen LogP contribution is 2.20. The third-order valence-electron chi connectivity index (χ3n) is 2.98. The Kier molecular flexibility index (Phi) is 4.01. The fraction of sp³-hybridized carbons (Fsp3) is 0.455. The summed E-state index contributed by atoms with van der Waals surface area (Å²) in [5.41, 5.74) is 0.361. The van der Waals surface area contributed by atoms with Crippen LogP contribution in [0.3, 0.4) is 0 Å². The van der Waals surface area contributed by atoms with Crippen LogP contribution < -0.4 is 4.72 Å². The van der Waals surface area contributed by atoms with Crippen molar-refractivity contribution in [1.82, 2.24) is 9.29 Å². The second-order valence-corrected chi connectivity index (χ2v) is 6.05. The molecular formula is C11H15N3O4S. The molecule has 1 aliphatic rings. The molecule has 0 saturated carbocycles. The van der Waals surface area contributed by atoms with E-state index in [0.29, 0.717) is 25.1 Å². The number of piperidine rings is 1. The number of aliphatic carboxylic acids is 1. The number of rotatable bonds is 4. The summed E-state index contributed by atoms with van der Waals surface area (Å²) < 4.78 is 27.8. The molecule has 1 atom stereocenters. The molecule has 0 aliphatic carbocycles. The monoisotopic (exact) mass is 285 g/mol. The van der Waals surface area contributed by atoms with E-state index in [4.69, 9.17) is 5.11 Å². The molecule has 1 unspecified atom stereocenters. The summed E-state index contributed by atoms with van der Waals surface area (Å²) in [5, 5.41) is 8.96. The second kappa shape index (κ2) is 5.54. The molecule has 1 fully saturated rings. The summed E-state index contributed by atoms with van der Waals surface area (Å²) in [7, 11) is -3.72. The fourth-order valence-electron chi connectivity index (χ4n) is 2.00. The molecule has 2 N–H and O–H groups in total. The first kappa shape index (κ1) is 13.8. The zero-order valence-electron chi connectivity index (χ0n) is 10.2. The molecule has 1 aliphatic heterocycles. The van der Waals surface area contributed by atoms with Gasteiger partial charge in [0.05, 0.1) is 17.8 Å². The predicted molar refractivity (Wildman–Crippen MR) is 68.7 cm³/mol. The van der Waals surface area contributed by atoms with Crippen LogP contribution in [0.4, 0.5) is 5.69 Å². The number of anilines is 1. The number of carboxylic acid groups (broad SMARTS) is 1. The van der Waals surface area contributed by atoms with Gasteiger partial charge in [-0.25, -0.2) is 0 Å². The second-order valence-electron chi connectivity index (χ2n) is 4.38. The lowest BCUT2D eigenvalue weighted by Crippen LogP contribution is -2.44. The normalized spacial score (nSPS) is 20.9. The fourth-order valence-corrected chi connectivity index (χ4v) is 3.29. The summed E-state index contributed by atoms with van der Waals surface area (Å²) in [4.78, 5) is 14.8. The minimum absolute atomic E-state index is 0.00489. The molecule has 1 aromatic rings. The van der Waals surface area contributed by atoms with Crippen molar-refractivity contribution in [3.63, 3.8) is 0 Å². The third kappa shape index (κ3) is 3.42. The molecule has 8 heteroatoms. The quantitative estimate of drug-likeness (QED) is 0.841. The maximum Gasteiger partial charge on any atom is 0.307 e. The van der Waals surface area contributed by atoms with Gasteiger partial charge in [-0.15, -0.1) is 0 Å². The predicted octanol–water partition coefficient (Wildman–Crippen LogP) is 0.535. The van der Waals surface area contributed by atoms with Gasteiger partial charge < -0.3 is 5.11 Å². The Morgan fingerprint density at radius 1 is 1.53 bits per heavy atom. The number of hydrogen-bond donors (Lipinski definition) is 2. The average molecular weight is 285 g/mol. The molecule has 104 valence electrons. The standard InChI is InChI=1S/C11H15N3O4S/c15-11(16)9-3-2-6-14(8-9)19(17,18)13-10-4-1-5-12-7-10/h1,4-5,7,9,13H,2-3,6,8H2,(H,15,16). The highest BCUT2D eigenvalue weighted by molar-refractivity contribution is 7.90. The van der Waals surface area contributed by atoms with Crippen molar-refractivity contribution in [1.29, 1.82) is 0 Å². The van der Waals surface area contributed by atoms with Crippen molar-refractivity contribution in [2.45, 2.75) is 12.8 Å². The van der Waals surface area contributed by atoms with Crippen molar-refractivity contribution < 1.29 is 18.3 Å². The number of hydrogen-bond acceptors (Lipinski definition) is 4. The van der Waals surface area contributed by atoms with Gasteiger partial charge in [-0.05, 0) is 25.0 Å². The lowest BCUT2D eigenvalue weighted by Gasteiger charge is -2.29. The van der Waals surface area contributed by atoms with Gasteiger partial charge in [0, 0.05) is 19.3 Å². The van der Waals surface area contributed by atoms with Crippen LogP contribution in [0.2, 0.25) is 0 Å². The highest BCUT2D eigenvalue weighted by Gasteiger charge is 2.32. The zero-order valence-corrected chi connectivity index (χ0v) is 11.0. The van der Waals surface area contributed by atoms with Crippen molar-refractivity contribution in [3.05, 3.63) is 24.5 Å². The Morgan fingerprint density at radius 2 is 2.32 bits per heavy atom. The molecule has 0 amide bonds. The van der Waals surface area contributed by atoms with Gasteiger partial charge in [0.1, 0.15) is 0 Å². The Hall–Kier alpha value is -1.67. The van der Waals surface area contributed by atoms with Gasteiger partial charge in [0.25, 0.3) is 0 Å². The van der Waals surface area contributed by atoms with E-state index in [1.54, 1.807) is 18.3 Å². The van der Waals surface area contributed by atoms with Crippen LogP contribution >= 0.6 is 0 Å². The molecule has 0 bridgehead atoms. The summed E-state index contributed by atoms with van der Waals surface area (Å²) >= 11 is 0. The molecule has 2 rings (SSSR count). The SMILES string of the molecule is O=C(O)C1CCCN(S(=O)(=O)Nc2cccnc2)C1. The molecule has 19 heavy (non-hydrogen) atoms. The summed E-state index contributed by atoms with van der Waals surface area (Å²) in [6.45, 7) is 0.338. The van der Waals surface area contributed by atoms with Crippen LogP contribution in [0.5, 0.6) is 0 Å². The first-order chi connectivity index (χ1) is 8.99. The van der Waals surface area contributed by atoms with E-state index < -0.39 is 22.1 Å². The van der Waals surface area contributed by atoms with Crippen molar-refractivity contribution >= 4 is 21.9 Å². The summed E-state index contributed by atoms with van der Waals surface area (Å²) in [6, 6.07) is 3.21. The lowest BCUT2D eigenvalue weighted by atomic mass is 10.0. The Morgan fingerprint density at radius 3 is 2.95 bits per heavy atom. The zero-order chi connectivity index (χ0) is 13.9. The molecule has 1 saturated heterocycles. The highest BCUT2D eigenvalue weighted by atomic mass is 32.2. The number of carboxylic acids is 1. The molecular weight excluding hydrogens is 270 g/mol. The minimum Gasteiger partial charge on any atom is -0.481 e. The van der Waals surface area contributed by atoms with Gasteiger partial charge in [-0.3, -0.25) is 14.5 Å². The van der Waals surface area contributed by atoms with Crippen LogP contribution in [-0.4, -0.2) is 41.9 Å². The maximum absolute atomic E-state index is 12.1. The van der Waals surface area contributed by atoms with Gasteiger partial charge in [0.2, 0.25) is 0 Å². The van der Waals surface area contributed by atoms with Crippen molar-refractivity contribution in [2.24, 2.45) is 5.92 Å². The van der Waals surface area contributed by atoms with E-state index in [-0.39, 0.29) is 6.54 Å². The number of pyridine rings is 1. The van der Waals surface area contributed by atoms with Gasteiger partial charge in [-0.1, -0.05) is 0 Å². The first-order valence-electron chi connectivity index (χ1n) is 5.90. The van der Waals surface area contributed by atoms with Gasteiger partial charge in [-0.2, -0.15) is 12.7 Å². The number of aromatic nitrogens is 1. The smallest absolute Gasteiger partial charge is 0.307 e. The molecule has 0 aromatic carbocycles. The van der Waals surface area contributed by atoms with Crippen LogP contribution in [0.1, 0.15) is 12.8 Å². The number of nitrogens with zero attached hydrogens (tertiary/aromatic N) is 2. The Labute approximate surface area is 111 Å². The van der Waals surface area contributed by atoms with Gasteiger partial charge in [0.15, 0.2) is 0 Å². The minimum atomic E-state index is -3.72. The van der Waals surface area contributed by atoms with Crippen LogP contribution in [0, 0.1) is 5.92 Å². The van der Waals surface area contributed by atoms with Crippen LogP contribution in [-0.2, 0) is 15.0 Å². The van der Waals surface area contributed by atoms with Crippen molar-refractivity contribution in [2.75, 3.05) is 17.8 Å². The molecule has 0 spiro atoms. The molecule has 7 nitrogen and oxygen atoms in total. The van der Waals surface area contributed by atoms with E-state index in [9.17, 15) is 13.2 Å². The molecule has 1 aromatic heterocycles. The first-order valence-corrected chi connectivity index (χ1v) is 7.34. The van der Waals surface area contributed by atoms with Crippen molar-refractivity contribution in [3.8, 4) is 0 Å².